The van der Waals surface area contributed by atoms with Crippen molar-refractivity contribution in [3.8, 4) is 0 Å². The van der Waals surface area contributed by atoms with Crippen molar-refractivity contribution in [3.63, 3.8) is 0 Å². The fourth-order valence-electron chi connectivity index (χ4n) is 3.30. The van der Waals surface area contributed by atoms with Gasteiger partial charge in [-0.3, -0.25) is 9.88 Å². The summed E-state index contributed by atoms with van der Waals surface area (Å²) in [5.74, 6) is 0. The lowest BCUT2D eigenvalue weighted by Crippen LogP contribution is -2.68. The number of nitrogens with one attached hydrogen (secondary N) is 1. The Morgan fingerprint density at radius 3 is 2.48 bits per heavy atom. The molecular formula is C18H31N3. The molecule has 1 saturated heterocycles. The van der Waals surface area contributed by atoms with Gasteiger partial charge in [-0.15, -0.1) is 0 Å². The Balaban J connectivity index is 2.22. The molecule has 1 unspecified atom stereocenters. The van der Waals surface area contributed by atoms with Crippen LogP contribution in [0.4, 0.5) is 0 Å². The van der Waals surface area contributed by atoms with Crippen molar-refractivity contribution in [1.82, 2.24) is 15.2 Å². The molecule has 0 spiro atoms. The number of rotatable bonds is 5. The summed E-state index contributed by atoms with van der Waals surface area (Å²) in [6.45, 7) is 14.5. The van der Waals surface area contributed by atoms with Crippen LogP contribution >= 0.6 is 0 Å². The minimum atomic E-state index is 0.221. The van der Waals surface area contributed by atoms with Crippen molar-refractivity contribution in [2.45, 2.75) is 71.5 Å². The van der Waals surface area contributed by atoms with Crippen LogP contribution < -0.4 is 5.32 Å². The van der Waals surface area contributed by atoms with Gasteiger partial charge in [-0.05, 0) is 45.2 Å². The number of pyridine rings is 1. The predicted octanol–water partition coefficient (Wildman–Crippen LogP) is 3.52. The molecule has 21 heavy (non-hydrogen) atoms. The normalized spacial score (nSPS) is 26.0. The minimum Gasteiger partial charge on any atom is -0.308 e. The first-order valence-corrected chi connectivity index (χ1v) is 8.39. The molecule has 1 fully saturated rings. The van der Waals surface area contributed by atoms with E-state index < -0.39 is 0 Å². The first kappa shape index (κ1) is 16.4. The molecule has 1 aromatic heterocycles. The van der Waals surface area contributed by atoms with Gasteiger partial charge in [-0.1, -0.05) is 26.8 Å². The van der Waals surface area contributed by atoms with Crippen LogP contribution in [0, 0.1) is 6.92 Å². The van der Waals surface area contributed by atoms with Gasteiger partial charge in [-0.25, -0.2) is 0 Å². The molecular weight excluding hydrogens is 258 g/mol. The summed E-state index contributed by atoms with van der Waals surface area (Å²) < 4.78 is 0. The van der Waals surface area contributed by atoms with E-state index in [9.17, 15) is 0 Å². The van der Waals surface area contributed by atoms with Crippen LogP contribution in [0.2, 0.25) is 0 Å². The van der Waals surface area contributed by atoms with Gasteiger partial charge in [-0.2, -0.15) is 0 Å². The predicted molar refractivity (Wildman–Crippen MR) is 89.4 cm³/mol. The van der Waals surface area contributed by atoms with Crippen LogP contribution in [0.25, 0.3) is 0 Å². The van der Waals surface area contributed by atoms with Gasteiger partial charge >= 0.3 is 0 Å². The lowest BCUT2D eigenvalue weighted by Gasteiger charge is -2.53. The first-order chi connectivity index (χ1) is 9.97. The average Bonchev–Trinajstić information content (AvgIpc) is 2.50. The Kier molecular flexibility index (Phi) is 5.05. The molecule has 118 valence electrons. The van der Waals surface area contributed by atoms with Crippen molar-refractivity contribution in [1.29, 1.82) is 0 Å². The molecule has 0 saturated carbocycles. The molecule has 3 heteroatoms. The molecule has 1 atom stereocenters. The zero-order valence-corrected chi connectivity index (χ0v) is 14.4. The maximum atomic E-state index is 4.70. The van der Waals surface area contributed by atoms with Gasteiger partial charge in [0.15, 0.2) is 0 Å². The highest BCUT2D eigenvalue weighted by Gasteiger charge is 2.42. The maximum absolute atomic E-state index is 4.70. The average molecular weight is 289 g/mol. The number of nitrogens with zero attached hydrogens (tertiary/aromatic N) is 2. The third kappa shape index (κ3) is 3.46. The molecule has 0 aliphatic carbocycles. The monoisotopic (exact) mass is 289 g/mol. The van der Waals surface area contributed by atoms with Crippen LogP contribution in [0.5, 0.6) is 0 Å². The lowest BCUT2D eigenvalue weighted by molar-refractivity contribution is 0.00190. The molecule has 0 radical (unpaired) electrons. The summed E-state index contributed by atoms with van der Waals surface area (Å²) in [5.41, 5.74) is 2.79. The molecule has 3 nitrogen and oxygen atoms in total. The van der Waals surface area contributed by atoms with E-state index in [1.54, 1.807) is 0 Å². The Bertz CT molecular complexity index is 467. The molecule has 2 heterocycles. The van der Waals surface area contributed by atoms with Crippen LogP contribution in [0.1, 0.15) is 58.3 Å². The van der Waals surface area contributed by atoms with Crippen molar-refractivity contribution in [2.75, 3.05) is 13.1 Å². The molecule has 1 aliphatic heterocycles. The molecule has 0 aromatic carbocycles. The van der Waals surface area contributed by atoms with E-state index in [-0.39, 0.29) is 11.1 Å². The van der Waals surface area contributed by atoms with E-state index >= 15 is 0 Å². The summed E-state index contributed by atoms with van der Waals surface area (Å²) >= 11 is 0. The smallest absolute Gasteiger partial charge is 0.0547 e. The zero-order valence-electron chi connectivity index (χ0n) is 14.4. The standard InChI is InChI=1S/C18H31N3/c1-6-17(5)13-19-18(7-2,8-3)14-21(17)12-16-11-9-10-15(4)20-16/h9-11,19H,6-8,12-14H2,1-5H3. The summed E-state index contributed by atoms with van der Waals surface area (Å²) in [4.78, 5) is 7.36. The van der Waals surface area contributed by atoms with Crippen molar-refractivity contribution in [2.24, 2.45) is 0 Å². The number of hydrogen-bond donors (Lipinski definition) is 1. The SMILES string of the molecule is CCC1(CC)CN(Cc2cccc(C)n2)C(C)(CC)CN1. The van der Waals surface area contributed by atoms with Crippen molar-refractivity contribution >= 4 is 0 Å². The van der Waals surface area contributed by atoms with Crippen LogP contribution in [0.3, 0.4) is 0 Å². The van der Waals surface area contributed by atoms with Crippen LogP contribution in [-0.4, -0.2) is 34.1 Å². The van der Waals surface area contributed by atoms with Gasteiger partial charge < -0.3 is 5.32 Å². The summed E-state index contributed by atoms with van der Waals surface area (Å²) in [6, 6.07) is 6.35. The van der Waals surface area contributed by atoms with E-state index in [1.807, 2.05) is 0 Å². The molecule has 1 aliphatic rings. The minimum absolute atomic E-state index is 0.221. The second-order valence-corrected chi connectivity index (χ2v) is 6.82. The number of piperazine rings is 1. The Morgan fingerprint density at radius 1 is 1.19 bits per heavy atom. The summed E-state index contributed by atoms with van der Waals surface area (Å²) in [6.07, 6.45) is 3.53. The van der Waals surface area contributed by atoms with Gasteiger partial charge in [0, 0.05) is 36.4 Å². The van der Waals surface area contributed by atoms with E-state index in [0.29, 0.717) is 0 Å². The third-order valence-electron chi connectivity index (χ3n) is 5.52. The van der Waals surface area contributed by atoms with Crippen molar-refractivity contribution in [3.05, 3.63) is 29.6 Å². The maximum Gasteiger partial charge on any atom is 0.0547 e. The largest absolute Gasteiger partial charge is 0.308 e. The number of aromatic nitrogens is 1. The van der Waals surface area contributed by atoms with Gasteiger partial charge in [0.05, 0.1) is 5.69 Å². The van der Waals surface area contributed by atoms with Crippen LogP contribution in [0.15, 0.2) is 18.2 Å². The van der Waals surface area contributed by atoms with E-state index in [2.05, 4.69) is 63.0 Å². The van der Waals surface area contributed by atoms with Gasteiger partial charge in [0.1, 0.15) is 0 Å². The third-order valence-corrected chi connectivity index (χ3v) is 5.52. The topological polar surface area (TPSA) is 28.2 Å². The first-order valence-electron chi connectivity index (χ1n) is 8.39. The number of hydrogen-bond acceptors (Lipinski definition) is 3. The molecule has 0 bridgehead atoms. The highest BCUT2D eigenvalue weighted by atomic mass is 15.3. The highest BCUT2D eigenvalue weighted by Crippen LogP contribution is 2.31. The van der Waals surface area contributed by atoms with Crippen molar-refractivity contribution < 1.29 is 0 Å². The fraction of sp³-hybridized carbons (Fsp3) is 0.722. The second-order valence-electron chi connectivity index (χ2n) is 6.82. The van der Waals surface area contributed by atoms with Crippen LogP contribution in [-0.2, 0) is 6.54 Å². The molecule has 0 amide bonds. The number of aryl methyl sites for hydroxylation is 1. The quantitative estimate of drug-likeness (QED) is 0.899. The molecule has 1 N–H and O–H groups in total. The second kappa shape index (κ2) is 6.45. The van der Waals surface area contributed by atoms with E-state index in [4.69, 9.17) is 4.98 Å². The van der Waals surface area contributed by atoms with Gasteiger partial charge in [0.2, 0.25) is 0 Å². The Labute approximate surface area is 130 Å². The van der Waals surface area contributed by atoms with Gasteiger partial charge in [0.25, 0.3) is 0 Å². The van der Waals surface area contributed by atoms with E-state index in [1.165, 1.54) is 18.5 Å². The highest BCUT2D eigenvalue weighted by molar-refractivity contribution is 5.12. The zero-order chi connectivity index (χ0) is 15.5. The molecule has 1 aromatic rings. The summed E-state index contributed by atoms with van der Waals surface area (Å²) in [5, 5.41) is 3.84. The summed E-state index contributed by atoms with van der Waals surface area (Å²) in [7, 11) is 0. The Morgan fingerprint density at radius 2 is 1.90 bits per heavy atom. The Hall–Kier alpha value is -0.930. The fourth-order valence-corrected chi connectivity index (χ4v) is 3.30. The lowest BCUT2D eigenvalue weighted by atomic mass is 9.83. The van der Waals surface area contributed by atoms with E-state index in [0.717, 1.165) is 31.7 Å². The molecule has 2 rings (SSSR count).